The summed E-state index contributed by atoms with van der Waals surface area (Å²) in [6.45, 7) is 0. The number of nitrogens with one attached hydrogen (secondary N) is 1. The van der Waals surface area contributed by atoms with Crippen LogP contribution < -0.4 is 5.32 Å². The standard InChI is InChI=1S/C14H17NO6/c1-20-13(18)8-12(17)15-11(14(19)21-2)7-9-3-5-10(16)6-4-9/h3-6,11,16H,7-8H2,1-2H3,(H,15,17)/t11-/m0/s1. The minimum atomic E-state index is -0.920. The third-order valence-corrected chi connectivity index (χ3v) is 2.73. The zero-order chi connectivity index (χ0) is 15.8. The molecule has 1 aromatic rings. The maximum absolute atomic E-state index is 11.7. The van der Waals surface area contributed by atoms with E-state index < -0.39 is 30.3 Å². The van der Waals surface area contributed by atoms with Gasteiger partial charge in [0, 0.05) is 6.42 Å². The minimum Gasteiger partial charge on any atom is -0.508 e. The predicted molar refractivity (Wildman–Crippen MR) is 72.4 cm³/mol. The van der Waals surface area contributed by atoms with Gasteiger partial charge in [-0.2, -0.15) is 0 Å². The van der Waals surface area contributed by atoms with E-state index >= 15 is 0 Å². The average Bonchev–Trinajstić information content (AvgIpc) is 2.47. The van der Waals surface area contributed by atoms with Crippen molar-refractivity contribution in [2.45, 2.75) is 18.9 Å². The highest BCUT2D eigenvalue weighted by Crippen LogP contribution is 2.12. The summed E-state index contributed by atoms with van der Waals surface area (Å²) in [6.07, 6.45) is -0.292. The molecule has 1 atom stereocenters. The van der Waals surface area contributed by atoms with Crippen molar-refractivity contribution in [1.29, 1.82) is 0 Å². The van der Waals surface area contributed by atoms with E-state index in [1.807, 2.05) is 0 Å². The van der Waals surface area contributed by atoms with Gasteiger partial charge in [-0.25, -0.2) is 4.79 Å². The van der Waals surface area contributed by atoms with Crippen LogP contribution in [0.1, 0.15) is 12.0 Å². The number of ether oxygens (including phenoxy) is 2. The monoisotopic (exact) mass is 295 g/mol. The number of phenols is 1. The topological polar surface area (TPSA) is 102 Å². The zero-order valence-electron chi connectivity index (χ0n) is 11.8. The fourth-order valence-corrected chi connectivity index (χ4v) is 1.65. The third-order valence-electron chi connectivity index (χ3n) is 2.73. The largest absolute Gasteiger partial charge is 0.508 e. The van der Waals surface area contributed by atoms with Gasteiger partial charge in [0.25, 0.3) is 0 Å². The predicted octanol–water partition coefficient (Wildman–Crippen LogP) is 0.156. The smallest absolute Gasteiger partial charge is 0.328 e. The number of carbonyl (C=O) groups excluding carboxylic acids is 3. The van der Waals surface area contributed by atoms with E-state index in [0.29, 0.717) is 0 Å². The molecule has 0 bridgehead atoms. The lowest BCUT2D eigenvalue weighted by molar-refractivity contribution is -0.148. The van der Waals surface area contributed by atoms with Crippen LogP contribution in [0.5, 0.6) is 5.75 Å². The highest BCUT2D eigenvalue weighted by molar-refractivity contribution is 5.96. The highest BCUT2D eigenvalue weighted by atomic mass is 16.5. The van der Waals surface area contributed by atoms with Crippen LogP contribution in [-0.4, -0.2) is 43.2 Å². The summed E-state index contributed by atoms with van der Waals surface area (Å²) in [5, 5.41) is 11.6. The number of aromatic hydroxyl groups is 1. The van der Waals surface area contributed by atoms with Crippen LogP contribution in [0.2, 0.25) is 0 Å². The Morgan fingerprint density at radius 1 is 1.14 bits per heavy atom. The Hall–Kier alpha value is -2.57. The van der Waals surface area contributed by atoms with E-state index in [0.717, 1.165) is 5.56 Å². The van der Waals surface area contributed by atoms with Crippen LogP contribution in [-0.2, 0) is 30.3 Å². The van der Waals surface area contributed by atoms with E-state index in [4.69, 9.17) is 0 Å². The molecule has 2 N–H and O–H groups in total. The molecule has 0 heterocycles. The van der Waals surface area contributed by atoms with Crippen LogP contribution in [0.15, 0.2) is 24.3 Å². The molecule has 1 aromatic carbocycles. The number of methoxy groups -OCH3 is 2. The summed E-state index contributed by atoms with van der Waals surface area (Å²) in [5.74, 6) is -1.85. The van der Waals surface area contributed by atoms with Gasteiger partial charge in [0.05, 0.1) is 14.2 Å². The summed E-state index contributed by atoms with van der Waals surface area (Å²) in [5.41, 5.74) is 0.724. The van der Waals surface area contributed by atoms with Crippen LogP contribution in [0, 0.1) is 0 Å². The number of hydrogen-bond acceptors (Lipinski definition) is 6. The summed E-state index contributed by atoms with van der Waals surface area (Å²) in [6, 6.07) is 5.27. The maximum Gasteiger partial charge on any atom is 0.328 e. The second-order valence-corrected chi connectivity index (χ2v) is 4.27. The molecule has 0 spiro atoms. The third kappa shape index (κ3) is 5.52. The zero-order valence-corrected chi connectivity index (χ0v) is 11.8. The lowest BCUT2D eigenvalue weighted by atomic mass is 10.1. The van der Waals surface area contributed by atoms with Crippen molar-refractivity contribution in [3.8, 4) is 5.75 Å². The van der Waals surface area contributed by atoms with Crippen molar-refractivity contribution in [3.63, 3.8) is 0 Å². The summed E-state index contributed by atoms with van der Waals surface area (Å²) < 4.78 is 9.00. The van der Waals surface area contributed by atoms with Crippen LogP contribution >= 0.6 is 0 Å². The first kappa shape index (κ1) is 16.5. The number of hydrogen-bond donors (Lipinski definition) is 2. The first-order valence-corrected chi connectivity index (χ1v) is 6.18. The molecule has 21 heavy (non-hydrogen) atoms. The molecular formula is C14H17NO6. The number of esters is 2. The molecule has 114 valence electrons. The van der Waals surface area contributed by atoms with Crippen molar-refractivity contribution < 1.29 is 29.0 Å². The molecule has 0 radical (unpaired) electrons. The molecule has 7 heteroatoms. The second kappa shape index (κ2) is 7.88. The summed E-state index contributed by atoms with van der Waals surface area (Å²) in [4.78, 5) is 34.3. The molecule has 1 amide bonds. The molecule has 0 aromatic heterocycles. The molecule has 7 nitrogen and oxygen atoms in total. The SMILES string of the molecule is COC(=O)CC(=O)N[C@@H](Cc1ccc(O)cc1)C(=O)OC. The molecule has 1 rings (SSSR count). The number of amides is 1. The Balaban J connectivity index is 2.72. The van der Waals surface area contributed by atoms with E-state index in [1.165, 1.54) is 26.4 Å². The van der Waals surface area contributed by atoms with Crippen molar-refractivity contribution >= 4 is 17.8 Å². The Kier molecular flexibility index (Phi) is 6.19. The van der Waals surface area contributed by atoms with Crippen LogP contribution in [0.25, 0.3) is 0 Å². The normalized spacial score (nSPS) is 11.3. The lowest BCUT2D eigenvalue weighted by Crippen LogP contribution is -2.43. The first-order chi connectivity index (χ1) is 9.96. The van der Waals surface area contributed by atoms with Crippen LogP contribution in [0.4, 0.5) is 0 Å². The van der Waals surface area contributed by atoms with E-state index in [2.05, 4.69) is 14.8 Å². The van der Waals surface area contributed by atoms with E-state index in [-0.39, 0.29) is 12.2 Å². The Morgan fingerprint density at radius 2 is 1.76 bits per heavy atom. The van der Waals surface area contributed by atoms with Gasteiger partial charge in [0.15, 0.2) is 0 Å². The Bertz CT molecular complexity index is 511. The van der Waals surface area contributed by atoms with Gasteiger partial charge < -0.3 is 19.9 Å². The molecule has 0 unspecified atom stereocenters. The van der Waals surface area contributed by atoms with Crippen molar-refractivity contribution in [2.75, 3.05) is 14.2 Å². The van der Waals surface area contributed by atoms with Gasteiger partial charge in [-0.3, -0.25) is 9.59 Å². The fourth-order valence-electron chi connectivity index (χ4n) is 1.65. The summed E-state index contributed by atoms with van der Waals surface area (Å²) in [7, 11) is 2.38. The van der Waals surface area contributed by atoms with Gasteiger partial charge in [-0.1, -0.05) is 12.1 Å². The number of benzene rings is 1. The Labute approximate surface area is 121 Å². The summed E-state index contributed by atoms with van der Waals surface area (Å²) >= 11 is 0. The lowest BCUT2D eigenvalue weighted by Gasteiger charge is -2.16. The van der Waals surface area contributed by atoms with Gasteiger partial charge in [0.2, 0.25) is 5.91 Å². The molecule has 0 saturated carbocycles. The van der Waals surface area contributed by atoms with Crippen molar-refractivity contribution in [3.05, 3.63) is 29.8 Å². The van der Waals surface area contributed by atoms with Gasteiger partial charge in [-0.05, 0) is 17.7 Å². The second-order valence-electron chi connectivity index (χ2n) is 4.27. The highest BCUT2D eigenvalue weighted by Gasteiger charge is 2.23. The quantitative estimate of drug-likeness (QED) is 0.572. The van der Waals surface area contributed by atoms with E-state index in [9.17, 15) is 19.5 Å². The minimum absolute atomic E-state index is 0.100. The van der Waals surface area contributed by atoms with Gasteiger partial charge in [-0.15, -0.1) is 0 Å². The first-order valence-electron chi connectivity index (χ1n) is 6.18. The van der Waals surface area contributed by atoms with Gasteiger partial charge >= 0.3 is 11.9 Å². The number of carbonyl (C=O) groups is 3. The Morgan fingerprint density at radius 3 is 2.29 bits per heavy atom. The number of phenolic OH excluding ortho intramolecular Hbond substituents is 1. The molecule has 0 aliphatic heterocycles. The molecular weight excluding hydrogens is 278 g/mol. The molecule has 0 fully saturated rings. The van der Waals surface area contributed by atoms with Gasteiger partial charge in [0.1, 0.15) is 18.2 Å². The molecule has 0 saturated heterocycles. The molecule has 0 aliphatic rings. The molecule has 0 aliphatic carbocycles. The fraction of sp³-hybridized carbons (Fsp3) is 0.357. The maximum atomic E-state index is 11.7. The van der Waals surface area contributed by atoms with E-state index in [1.54, 1.807) is 12.1 Å². The van der Waals surface area contributed by atoms with Crippen molar-refractivity contribution in [1.82, 2.24) is 5.32 Å². The number of rotatable bonds is 6. The van der Waals surface area contributed by atoms with Crippen LogP contribution in [0.3, 0.4) is 0 Å². The van der Waals surface area contributed by atoms with Crippen molar-refractivity contribution in [2.24, 2.45) is 0 Å². The average molecular weight is 295 g/mol.